The summed E-state index contributed by atoms with van der Waals surface area (Å²) in [5.74, 6) is -2.68. The number of nitrogens with two attached hydrogens (primary N) is 1. The zero-order chi connectivity index (χ0) is 39.6. The summed E-state index contributed by atoms with van der Waals surface area (Å²) in [6.45, 7) is 4.88. The van der Waals surface area contributed by atoms with Gasteiger partial charge in [-0.3, -0.25) is 38.9 Å². The highest BCUT2D eigenvalue weighted by molar-refractivity contribution is 5.98. The molecule has 1 aliphatic heterocycles. The smallest absolute Gasteiger partial charge is 0.269 e. The molecular weight excluding hydrogens is 696 g/mol. The van der Waals surface area contributed by atoms with Gasteiger partial charge < -0.3 is 37.2 Å². The van der Waals surface area contributed by atoms with Crippen LogP contribution < -0.4 is 32.3 Å². The summed E-state index contributed by atoms with van der Waals surface area (Å²) in [4.78, 5) is 87.0. The Labute approximate surface area is 313 Å². The van der Waals surface area contributed by atoms with E-state index in [1.807, 2.05) is 50.2 Å². The molecule has 7 N–H and O–H groups in total. The van der Waals surface area contributed by atoms with Gasteiger partial charge in [-0.2, -0.15) is 0 Å². The van der Waals surface area contributed by atoms with E-state index in [2.05, 4.69) is 26.6 Å². The van der Waals surface area contributed by atoms with Crippen molar-refractivity contribution in [2.24, 2.45) is 5.92 Å². The van der Waals surface area contributed by atoms with Gasteiger partial charge in [-0.1, -0.05) is 62.4 Å². The molecular formula is C38H48N8O8. The molecule has 0 aromatic heterocycles. The van der Waals surface area contributed by atoms with Gasteiger partial charge in [0.2, 0.25) is 35.4 Å². The number of nitrogens with zero attached hydrogens (tertiary/aromatic N) is 2. The Morgan fingerprint density at radius 2 is 1.43 bits per heavy atom. The molecule has 1 heterocycles. The predicted octanol–water partition coefficient (Wildman–Crippen LogP) is 2.30. The summed E-state index contributed by atoms with van der Waals surface area (Å²) in [6.07, 6.45) is 1.80. The van der Waals surface area contributed by atoms with Crippen molar-refractivity contribution in [2.45, 2.75) is 64.6 Å². The molecule has 6 amide bonds. The van der Waals surface area contributed by atoms with Crippen LogP contribution in [0, 0.1) is 16.0 Å². The Morgan fingerprint density at radius 3 is 2.02 bits per heavy atom. The Bertz CT molecular complexity index is 1740. The standard InChI is InChI=1S/C32H42N6O6.C6H6N2O2/c1-21(2)17-25(37-32(44)27-15-10-16-38(27)22(3)39)30(42)34-19-28(40)33-20-29(41)36-26(18-23-11-6-4-7-12-23)31(43)35-24-13-8-5-9-14-24;7-5-1-3-6(4-2-5)8(9)10/h4-9,11-14,21,25-27H,10,15-20H2,1-3H3,(H,33,40)(H,34,42)(H,35,43)(H,36,41)(H,37,44);1-4H,7H2/t25-,26?,27?;/m0./s1. The summed E-state index contributed by atoms with van der Waals surface area (Å²) >= 11 is 0. The molecule has 0 aliphatic carbocycles. The fraction of sp³-hybridized carbons (Fsp3) is 0.368. The predicted molar refractivity (Wildman–Crippen MR) is 202 cm³/mol. The number of likely N-dealkylation sites (tertiary alicyclic amines) is 1. The molecule has 4 rings (SSSR count). The second-order valence-electron chi connectivity index (χ2n) is 13.1. The maximum Gasteiger partial charge on any atom is 0.269 e. The van der Waals surface area contributed by atoms with Gasteiger partial charge in [0.25, 0.3) is 5.69 Å². The SMILES string of the molecule is CC(=O)N1CCCC1C(=O)N[C@@H](CC(C)C)C(=O)NCC(=O)NCC(=O)NC(Cc1ccccc1)C(=O)Nc1ccccc1.Nc1ccc([N+](=O)[O-])cc1. The van der Waals surface area contributed by atoms with Gasteiger partial charge in [-0.25, -0.2) is 0 Å². The molecule has 16 nitrogen and oxygen atoms in total. The molecule has 288 valence electrons. The number of hydrogen-bond acceptors (Lipinski definition) is 9. The van der Waals surface area contributed by atoms with Gasteiger partial charge in [-0.15, -0.1) is 0 Å². The second kappa shape index (κ2) is 21.3. The Balaban J connectivity index is 0.000000676. The van der Waals surface area contributed by atoms with Crippen LogP contribution in [0.5, 0.6) is 0 Å². The third kappa shape index (κ3) is 14.4. The number of nitro benzene ring substituents is 1. The van der Waals surface area contributed by atoms with Crippen LogP contribution >= 0.6 is 0 Å². The van der Waals surface area contributed by atoms with Crippen LogP contribution in [-0.4, -0.2) is 83.0 Å². The summed E-state index contributed by atoms with van der Waals surface area (Å²) < 4.78 is 0. The van der Waals surface area contributed by atoms with Crippen LogP contribution in [0.25, 0.3) is 0 Å². The van der Waals surface area contributed by atoms with E-state index in [1.54, 1.807) is 24.3 Å². The number of nitrogen functional groups attached to an aromatic ring is 1. The average Bonchev–Trinajstić information content (AvgIpc) is 3.65. The lowest BCUT2D eigenvalue weighted by molar-refractivity contribution is -0.384. The lowest BCUT2D eigenvalue weighted by Crippen LogP contribution is -2.54. The zero-order valence-corrected chi connectivity index (χ0v) is 30.6. The van der Waals surface area contributed by atoms with E-state index >= 15 is 0 Å². The van der Waals surface area contributed by atoms with Gasteiger partial charge >= 0.3 is 0 Å². The van der Waals surface area contributed by atoms with Crippen LogP contribution in [0.3, 0.4) is 0 Å². The van der Waals surface area contributed by atoms with Crippen LogP contribution in [0.4, 0.5) is 17.1 Å². The third-order valence-corrected chi connectivity index (χ3v) is 8.25. The Morgan fingerprint density at radius 1 is 0.815 bits per heavy atom. The van der Waals surface area contributed by atoms with Crippen LogP contribution in [0.2, 0.25) is 0 Å². The number of carbonyl (C=O) groups is 6. The van der Waals surface area contributed by atoms with Crippen LogP contribution in [0.15, 0.2) is 84.9 Å². The van der Waals surface area contributed by atoms with Gasteiger partial charge in [0.15, 0.2) is 0 Å². The van der Waals surface area contributed by atoms with E-state index in [0.717, 1.165) is 5.56 Å². The number of non-ortho nitro benzene ring substituents is 1. The number of carbonyl (C=O) groups excluding carboxylic acids is 6. The molecule has 0 bridgehead atoms. The number of amides is 6. The molecule has 0 spiro atoms. The number of hydrogen-bond donors (Lipinski definition) is 6. The molecule has 3 aromatic carbocycles. The van der Waals surface area contributed by atoms with E-state index in [1.165, 1.54) is 36.1 Å². The molecule has 1 aliphatic rings. The molecule has 16 heteroatoms. The zero-order valence-electron chi connectivity index (χ0n) is 30.6. The minimum absolute atomic E-state index is 0.0641. The molecule has 2 unspecified atom stereocenters. The number of nitrogens with one attached hydrogen (secondary N) is 5. The molecule has 0 saturated carbocycles. The fourth-order valence-electron chi connectivity index (χ4n) is 5.57. The number of benzene rings is 3. The third-order valence-electron chi connectivity index (χ3n) is 8.25. The van der Waals surface area contributed by atoms with Crippen molar-refractivity contribution in [3.05, 3.63) is 101 Å². The molecule has 3 aromatic rings. The number of rotatable bonds is 15. The number of anilines is 2. The van der Waals surface area contributed by atoms with Crippen molar-refractivity contribution in [2.75, 3.05) is 30.7 Å². The lowest BCUT2D eigenvalue weighted by atomic mass is 10.0. The lowest BCUT2D eigenvalue weighted by Gasteiger charge is -2.26. The molecule has 0 radical (unpaired) electrons. The van der Waals surface area contributed by atoms with E-state index < -0.39 is 65.7 Å². The highest BCUT2D eigenvalue weighted by atomic mass is 16.6. The van der Waals surface area contributed by atoms with E-state index in [4.69, 9.17) is 5.73 Å². The fourth-order valence-corrected chi connectivity index (χ4v) is 5.57. The van der Waals surface area contributed by atoms with Crippen LogP contribution in [0.1, 0.15) is 45.6 Å². The summed E-state index contributed by atoms with van der Waals surface area (Å²) in [5, 5.41) is 23.3. The first kappa shape index (κ1) is 42.1. The number of nitro groups is 1. The monoisotopic (exact) mass is 744 g/mol. The highest BCUT2D eigenvalue weighted by Crippen LogP contribution is 2.18. The number of para-hydroxylation sites is 1. The van der Waals surface area contributed by atoms with Gasteiger partial charge in [0.1, 0.15) is 18.1 Å². The molecule has 1 saturated heterocycles. The van der Waals surface area contributed by atoms with Crippen molar-refractivity contribution < 1.29 is 33.7 Å². The van der Waals surface area contributed by atoms with E-state index in [-0.39, 0.29) is 23.9 Å². The van der Waals surface area contributed by atoms with Crippen molar-refractivity contribution in [1.29, 1.82) is 0 Å². The van der Waals surface area contributed by atoms with Crippen molar-refractivity contribution in [3.8, 4) is 0 Å². The first-order valence-electron chi connectivity index (χ1n) is 17.5. The molecule has 54 heavy (non-hydrogen) atoms. The van der Waals surface area contributed by atoms with Gasteiger partial charge in [0.05, 0.1) is 18.0 Å². The van der Waals surface area contributed by atoms with Gasteiger partial charge in [-0.05, 0) is 55.0 Å². The average molecular weight is 745 g/mol. The Kier molecular flexibility index (Phi) is 16.6. The minimum Gasteiger partial charge on any atom is -0.399 e. The summed E-state index contributed by atoms with van der Waals surface area (Å²) in [5.41, 5.74) is 7.33. The van der Waals surface area contributed by atoms with Crippen molar-refractivity contribution in [3.63, 3.8) is 0 Å². The van der Waals surface area contributed by atoms with Crippen molar-refractivity contribution in [1.82, 2.24) is 26.2 Å². The quantitative estimate of drug-likeness (QED) is 0.0760. The summed E-state index contributed by atoms with van der Waals surface area (Å²) in [6, 6.07) is 21.4. The minimum atomic E-state index is -0.902. The molecule has 3 atom stereocenters. The topological polar surface area (TPSA) is 235 Å². The summed E-state index contributed by atoms with van der Waals surface area (Å²) in [7, 11) is 0. The molecule has 1 fully saturated rings. The maximum atomic E-state index is 13.0. The highest BCUT2D eigenvalue weighted by Gasteiger charge is 2.34. The van der Waals surface area contributed by atoms with E-state index in [0.29, 0.717) is 37.2 Å². The Hall–Kier alpha value is -6.32. The van der Waals surface area contributed by atoms with Crippen molar-refractivity contribution >= 4 is 52.5 Å². The van der Waals surface area contributed by atoms with Gasteiger partial charge in [0, 0.05) is 43.4 Å². The second-order valence-corrected chi connectivity index (χ2v) is 13.1. The maximum absolute atomic E-state index is 13.0. The largest absolute Gasteiger partial charge is 0.399 e. The first-order chi connectivity index (χ1) is 25.7. The normalized spacial score (nSPS) is 14.4. The first-order valence-corrected chi connectivity index (χ1v) is 17.5. The van der Waals surface area contributed by atoms with Crippen LogP contribution in [-0.2, 0) is 35.2 Å². The van der Waals surface area contributed by atoms with E-state index in [9.17, 15) is 38.9 Å².